The van der Waals surface area contributed by atoms with E-state index >= 15 is 0 Å². The number of nitro groups is 1. The Hall–Kier alpha value is -2.16. The number of rotatable bonds is 7. The van der Waals surface area contributed by atoms with E-state index in [1.54, 1.807) is 6.92 Å². The van der Waals surface area contributed by atoms with Gasteiger partial charge in [-0.2, -0.15) is 0 Å². The number of hydrogen-bond donors (Lipinski definition) is 2. The second kappa shape index (κ2) is 7.43. The largest absolute Gasteiger partial charge is 0.481 e. The number of carboxylic acids is 1. The summed E-state index contributed by atoms with van der Waals surface area (Å²) in [6.45, 7) is 1.86. The van der Waals surface area contributed by atoms with Crippen LogP contribution in [-0.2, 0) is 4.79 Å². The monoisotopic (exact) mass is 299 g/mol. The minimum Gasteiger partial charge on any atom is -0.481 e. The molecule has 108 valence electrons. The second-order valence-electron chi connectivity index (χ2n) is 3.79. The van der Waals surface area contributed by atoms with Crippen molar-refractivity contribution in [2.45, 2.75) is 6.92 Å². The molecular weight excluding hydrogens is 286 g/mol. The van der Waals surface area contributed by atoms with Crippen molar-refractivity contribution in [3.8, 4) is 0 Å². The Morgan fingerprint density at radius 2 is 2.25 bits per heavy atom. The fourth-order valence-electron chi connectivity index (χ4n) is 1.34. The molecule has 0 saturated heterocycles. The lowest BCUT2D eigenvalue weighted by atomic mass is 10.2. The van der Waals surface area contributed by atoms with E-state index in [0.29, 0.717) is 11.4 Å². The number of pyridine rings is 1. The average Bonchev–Trinajstić information content (AvgIpc) is 2.37. The number of carbonyl (C=O) groups excluding carboxylic acids is 1. The zero-order valence-corrected chi connectivity index (χ0v) is 11.5. The number of carbonyl (C=O) groups is 2. The number of aliphatic carboxylic acids is 1. The van der Waals surface area contributed by atoms with Gasteiger partial charge in [0, 0.05) is 18.4 Å². The minimum atomic E-state index is -0.917. The molecule has 1 aromatic rings. The van der Waals surface area contributed by atoms with Gasteiger partial charge in [0.25, 0.3) is 11.6 Å². The van der Waals surface area contributed by atoms with Crippen molar-refractivity contribution in [2.75, 3.05) is 18.1 Å². The summed E-state index contributed by atoms with van der Waals surface area (Å²) < 4.78 is 0. The maximum atomic E-state index is 11.8. The van der Waals surface area contributed by atoms with E-state index in [9.17, 15) is 19.7 Å². The van der Waals surface area contributed by atoms with Crippen LogP contribution in [0.3, 0.4) is 0 Å². The molecule has 0 bridgehead atoms. The topological polar surface area (TPSA) is 122 Å². The molecule has 0 fully saturated rings. The minimum absolute atomic E-state index is 0.0345. The first-order valence-electron chi connectivity index (χ1n) is 5.60. The summed E-state index contributed by atoms with van der Waals surface area (Å²) in [6, 6.07) is 1.17. The van der Waals surface area contributed by atoms with Gasteiger partial charge in [-0.15, -0.1) is 11.8 Å². The zero-order chi connectivity index (χ0) is 15.1. The van der Waals surface area contributed by atoms with Crippen LogP contribution in [0.15, 0.2) is 12.3 Å². The van der Waals surface area contributed by atoms with Crippen LogP contribution >= 0.6 is 11.8 Å². The number of nitrogens with zero attached hydrogens (tertiary/aromatic N) is 2. The van der Waals surface area contributed by atoms with E-state index in [1.807, 2.05) is 0 Å². The lowest BCUT2D eigenvalue weighted by molar-refractivity contribution is -0.385. The van der Waals surface area contributed by atoms with Gasteiger partial charge >= 0.3 is 5.97 Å². The third kappa shape index (κ3) is 4.84. The molecule has 0 spiro atoms. The van der Waals surface area contributed by atoms with Crippen LogP contribution < -0.4 is 5.32 Å². The third-order valence-electron chi connectivity index (χ3n) is 2.29. The van der Waals surface area contributed by atoms with Gasteiger partial charge in [0.2, 0.25) is 0 Å². The number of amides is 1. The molecule has 0 aliphatic heterocycles. The Morgan fingerprint density at radius 1 is 1.55 bits per heavy atom. The van der Waals surface area contributed by atoms with E-state index in [0.717, 1.165) is 6.20 Å². The van der Waals surface area contributed by atoms with Crippen LogP contribution in [0.4, 0.5) is 5.69 Å². The van der Waals surface area contributed by atoms with E-state index in [-0.39, 0.29) is 23.5 Å². The molecule has 1 amide bonds. The Labute approximate surface area is 118 Å². The molecule has 0 saturated carbocycles. The molecule has 20 heavy (non-hydrogen) atoms. The Balaban J connectivity index is 2.57. The Kier molecular flexibility index (Phi) is 5.91. The van der Waals surface area contributed by atoms with Crippen molar-refractivity contribution >= 4 is 29.3 Å². The lowest BCUT2D eigenvalue weighted by Gasteiger charge is -2.06. The molecule has 1 rings (SSSR count). The van der Waals surface area contributed by atoms with Gasteiger partial charge in [0.05, 0.1) is 21.9 Å². The third-order valence-corrected chi connectivity index (χ3v) is 3.23. The maximum absolute atomic E-state index is 11.8. The SMILES string of the molecule is Cc1ncc([N+](=O)[O-])cc1C(=O)NCCSCC(=O)O. The smallest absolute Gasteiger partial charge is 0.313 e. The highest BCUT2D eigenvalue weighted by Gasteiger charge is 2.15. The Morgan fingerprint density at radius 3 is 2.85 bits per heavy atom. The standard InChI is InChI=1S/C11H13N3O5S/c1-7-9(4-8(5-13-7)14(18)19)11(17)12-2-3-20-6-10(15)16/h4-5H,2-3,6H2,1H3,(H,12,17)(H,15,16). The molecule has 9 heteroatoms. The molecule has 1 aromatic heterocycles. The van der Waals surface area contributed by atoms with Gasteiger partial charge in [-0.1, -0.05) is 0 Å². The van der Waals surface area contributed by atoms with E-state index < -0.39 is 16.8 Å². The highest BCUT2D eigenvalue weighted by atomic mass is 32.2. The summed E-state index contributed by atoms with van der Waals surface area (Å²) in [5.41, 5.74) is 0.287. The van der Waals surface area contributed by atoms with Crippen molar-refractivity contribution in [1.29, 1.82) is 0 Å². The van der Waals surface area contributed by atoms with E-state index in [1.165, 1.54) is 17.8 Å². The van der Waals surface area contributed by atoms with Gasteiger partial charge in [-0.25, -0.2) is 0 Å². The van der Waals surface area contributed by atoms with Gasteiger partial charge in [0.15, 0.2) is 0 Å². The van der Waals surface area contributed by atoms with Crippen LogP contribution in [0.2, 0.25) is 0 Å². The first-order valence-corrected chi connectivity index (χ1v) is 6.76. The lowest BCUT2D eigenvalue weighted by Crippen LogP contribution is -2.27. The fraction of sp³-hybridized carbons (Fsp3) is 0.364. The van der Waals surface area contributed by atoms with Crippen LogP contribution in [0.5, 0.6) is 0 Å². The van der Waals surface area contributed by atoms with Crippen molar-refractivity contribution in [3.05, 3.63) is 33.6 Å². The first kappa shape index (κ1) is 15.9. The van der Waals surface area contributed by atoms with Gasteiger partial charge in [-0.3, -0.25) is 24.7 Å². The maximum Gasteiger partial charge on any atom is 0.313 e. The number of nitrogens with one attached hydrogen (secondary N) is 1. The number of hydrogen-bond acceptors (Lipinski definition) is 6. The summed E-state index contributed by atoms with van der Waals surface area (Å²) >= 11 is 1.17. The van der Waals surface area contributed by atoms with Crippen molar-refractivity contribution in [1.82, 2.24) is 10.3 Å². The van der Waals surface area contributed by atoms with E-state index in [4.69, 9.17) is 5.11 Å². The summed E-state index contributed by atoms with van der Waals surface area (Å²) in [5.74, 6) is -0.970. The van der Waals surface area contributed by atoms with Gasteiger partial charge < -0.3 is 10.4 Å². The zero-order valence-electron chi connectivity index (χ0n) is 10.7. The summed E-state index contributed by atoms with van der Waals surface area (Å²) in [7, 11) is 0. The summed E-state index contributed by atoms with van der Waals surface area (Å²) in [5, 5.41) is 21.6. The molecule has 0 aliphatic rings. The molecule has 0 radical (unpaired) electrons. The number of aryl methyl sites for hydroxylation is 1. The second-order valence-corrected chi connectivity index (χ2v) is 4.89. The highest BCUT2D eigenvalue weighted by Crippen LogP contribution is 2.14. The molecular formula is C11H13N3O5S. The quantitative estimate of drug-likeness (QED) is 0.434. The number of aromatic nitrogens is 1. The number of thioether (sulfide) groups is 1. The normalized spacial score (nSPS) is 10.1. The van der Waals surface area contributed by atoms with Gasteiger partial charge in [-0.05, 0) is 6.92 Å². The first-order chi connectivity index (χ1) is 9.41. The summed E-state index contributed by atoms with van der Waals surface area (Å²) in [6.07, 6.45) is 1.09. The predicted molar refractivity (Wildman–Crippen MR) is 72.9 cm³/mol. The molecule has 2 N–H and O–H groups in total. The Bertz CT molecular complexity index is 535. The van der Waals surface area contributed by atoms with Crippen molar-refractivity contribution < 1.29 is 19.6 Å². The average molecular weight is 299 g/mol. The predicted octanol–water partition coefficient (Wildman–Crippen LogP) is 0.846. The van der Waals surface area contributed by atoms with E-state index in [2.05, 4.69) is 10.3 Å². The highest BCUT2D eigenvalue weighted by molar-refractivity contribution is 7.99. The molecule has 0 aliphatic carbocycles. The van der Waals surface area contributed by atoms with Crippen LogP contribution in [-0.4, -0.2) is 44.9 Å². The molecule has 0 aromatic carbocycles. The van der Waals surface area contributed by atoms with Crippen LogP contribution in [0.25, 0.3) is 0 Å². The molecule has 0 unspecified atom stereocenters. The molecule has 0 atom stereocenters. The van der Waals surface area contributed by atoms with Crippen molar-refractivity contribution in [3.63, 3.8) is 0 Å². The molecule has 8 nitrogen and oxygen atoms in total. The van der Waals surface area contributed by atoms with Gasteiger partial charge in [0.1, 0.15) is 6.20 Å². The number of carboxylic acid groups (broad SMARTS) is 1. The van der Waals surface area contributed by atoms with Crippen molar-refractivity contribution in [2.24, 2.45) is 0 Å². The fourth-order valence-corrected chi connectivity index (χ4v) is 1.91. The van der Waals surface area contributed by atoms with Crippen LogP contribution in [0, 0.1) is 17.0 Å². The summed E-state index contributed by atoms with van der Waals surface area (Å²) in [4.78, 5) is 35.9. The van der Waals surface area contributed by atoms with Crippen LogP contribution in [0.1, 0.15) is 16.1 Å². The molecule has 1 heterocycles.